The number of hydrogen-bond donors (Lipinski definition) is 2. The van der Waals surface area contributed by atoms with Gasteiger partial charge in [-0.1, -0.05) is 31.5 Å². The molecule has 0 heterocycles. The number of benzene rings is 1. The molecule has 0 fully saturated rings. The molecule has 0 unspecified atom stereocenters. The first-order valence-electron chi connectivity index (χ1n) is 6.24. The highest BCUT2D eigenvalue weighted by atomic mass is 16.5. The number of amides is 2. The fourth-order valence-corrected chi connectivity index (χ4v) is 1.29. The number of anilines is 1. The van der Waals surface area contributed by atoms with Crippen LogP contribution in [-0.2, 0) is 9.53 Å². The predicted octanol–water partition coefficient (Wildman–Crippen LogP) is 2.32. The molecule has 0 aliphatic heterocycles. The van der Waals surface area contributed by atoms with E-state index in [1.807, 2.05) is 45.0 Å². The van der Waals surface area contributed by atoms with Crippen LogP contribution in [0.15, 0.2) is 24.3 Å². The zero-order valence-electron chi connectivity index (χ0n) is 11.5. The highest BCUT2D eigenvalue weighted by Crippen LogP contribution is 2.07. The summed E-state index contributed by atoms with van der Waals surface area (Å²) < 4.78 is 4.89. The molecule has 0 saturated carbocycles. The molecule has 2 amide bonds. The van der Waals surface area contributed by atoms with Gasteiger partial charge in [-0.05, 0) is 25.0 Å². The van der Waals surface area contributed by atoms with Crippen molar-refractivity contribution in [2.45, 2.75) is 20.8 Å². The van der Waals surface area contributed by atoms with Crippen molar-refractivity contribution in [3.8, 4) is 0 Å². The Morgan fingerprint density at radius 3 is 2.42 bits per heavy atom. The largest absolute Gasteiger partial charge is 0.449 e. The van der Waals surface area contributed by atoms with Crippen molar-refractivity contribution in [3.05, 3.63) is 29.8 Å². The van der Waals surface area contributed by atoms with Crippen LogP contribution in [0.1, 0.15) is 19.4 Å². The lowest BCUT2D eigenvalue weighted by atomic mass is 10.2. The summed E-state index contributed by atoms with van der Waals surface area (Å²) in [6.07, 6.45) is -0.576. The van der Waals surface area contributed by atoms with E-state index in [4.69, 9.17) is 4.74 Å². The number of carbonyl (C=O) groups is 2. The van der Waals surface area contributed by atoms with Crippen LogP contribution in [0.5, 0.6) is 0 Å². The lowest BCUT2D eigenvalue weighted by Gasteiger charge is -2.09. The van der Waals surface area contributed by atoms with Crippen LogP contribution in [0.4, 0.5) is 10.5 Å². The summed E-state index contributed by atoms with van der Waals surface area (Å²) in [5.41, 5.74) is 1.82. The van der Waals surface area contributed by atoms with Gasteiger partial charge in [-0.3, -0.25) is 4.79 Å². The maximum Gasteiger partial charge on any atom is 0.407 e. The summed E-state index contributed by atoms with van der Waals surface area (Å²) in [6, 6.07) is 7.43. The fraction of sp³-hybridized carbons (Fsp3) is 0.429. The van der Waals surface area contributed by atoms with E-state index in [1.165, 1.54) is 0 Å². The first-order chi connectivity index (χ1) is 8.97. The van der Waals surface area contributed by atoms with Gasteiger partial charge in [0.25, 0.3) is 0 Å². The predicted molar refractivity (Wildman–Crippen MR) is 74.0 cm³/mol. The molecule has 2 N–H and O–H groups in total. The van der Waals surface area contributed by atoms with Gasteiger partial charge >= 0.3 is 6.09 Å². The average molecular weight is 264 g/mol. The standard InChI is InChI=1S/C14H20N2O3/c1-10(2)9-19-14(18)15-8-13(17)16-12-6-4-11(3)5-7-12/h4-7,10H,8-9H2,1-3H3,(H,15,18)(H,16,17). The summed E-state index contributed by atoms with van der Waals surface area (Å²) in [6.45, 7) is 6.09. The Kier molecular flexibility index (Phi) is 5.85. The third-order valence-corrected chi connectivity index (χ3v) is 2.28. The minimum absolute atomic E-state index is 0.106. The van der Waals surface area contributed by atoms with Crippen molar-refractivity contribution in [3.63, 3.8) is 0 Å². The highest BCUT2D eigenvalue weighted by molar-refractivity contribution is 5.93. The first-order valence-corrected chi connectivity index (χ1v) is 6.24. The second kappa shape index (κ2) is 7.41. The Morgan fingerprint density at radius 1 is 1.21 bits per heavy atom. The molecule has 0 bridgehead atoms. The first kappa shape index (κ1) is 15.0. The van der Waals surface area contributed by atoms with Crippen molar-refractivity contribution in [1.29, 1.82) is 0 Å². The SMILES string of the molecule is Cc1ccc(NC(=O)CNC(=O)OCC(C)C)cc1. The maximum absolute atomic E-state index is 11.6. The molecule has 0 aliphatic carbocycles. The molecule has 0 saturated heterocycles. The third-order valence-electron chi connectivity index (χ3n) is 2.28. The van der Waals surface area contributed by atoms with Gasteiger partial charge in [0.2, 0.25) is 5.91 Å². The highest BCUT2D eigenvalue weighted by Gasteiger charge is 2.07. The van der Waals surface area contributed by atoms with Gasteiger partial charge in [0.15, 0.2) is 0 Å². The normalized spacial score (nSPS) is 10.1. The molecule has 0 aliphatic rings. The molecule has 0 spiro atoms. The maximum atomic E-state index is 11.6. The van der Waals surface area contributed by atoms with Crippen LogP contribution >= 0.6 is 0 Å². The summed E-state index contributed by atoms with van der Waals surface area (Å²) in [4.78, 5) is 22.8. The van der Waals surface area contributed by atoms with Crippen LogP contribution < -0.4 is 10.6 Å². The van der Waals surface area contributed by atoms with E-state index < -0.39 is 6.09 Å². The van der Waals surface area contributed by atoms with Crippen LogP contribution in [-0.4, -0.2) is 25.2 Å². The summed E-state index contributed by atoms with van der Waals surface area (Å²) >= 11 is 0. The van der Waals surface area contributed by atoms with E-state index in [0.29, 0.717) is 12.3 Å². The van der Waals surface area contributed by atoms with E-state index >= 15 is 0 Å². The molecule has 104 valence electrons. The molecular weight excluding hydrogens is 244 g/mol. The topological polar surface area (TPSA) is 67.4 Å². The monoisotopic (exact) mass is 264 g/mol. The number of nitrogens with one attached hydrogen (secondary N) is 2. The average Bonchev–Trinajstić information content (AvgIpc) is 2.36. The molecule has 0 atom stereocenters. The molecule has 0 aromatic heterocycles. The summed E-state index contributed by atoms with van der Waals surface area (Å²) in [5.74, 6) is -0.0162. The zero-order chi connectivity index (χ0) is 14.3. The Labute approximate surface area is 113 Å². The molecule has 19 heavy (non-hydrogen) atoms. The number of hydrogen-bond acceptors (Lipinski definition) is 3. The second-order valence-corrected chi connectivity index (χ2v) is 4.76. The number of aryl methyl sites for hydroxylation is 1. The van der Waals surface area contributed by atoms with Gasteiger partial charge in [-0.15, -0.1) is 0 Å². The quantitative estimate of drug-likeness (QED) is 0.857. The summed E-state index contributed by atoms with van der Waals surface area (Å²) in [7, 11) is 0. The number of carbonyl (C=O) groups excluding carboxylic acids is 2. The van der Waals surface area contributed by atoms with Gasteiger partial charge in [0.1, 0.15) is 6.54 Å². The Bertz CT molecular complexity index is 427. The van der Waals surface area contributed by atoms with Crippen LogP contribution in [0.2, 0.25) is 0 Å². The van der Waals surface area contributed by atoms with E-state index in [1.54, 1.807) is 0 Å². The number of rotatable bonds is 5. The molecule has 1 aromatic rings. The molecule has 1 rings (SSSR count). The number of ether oxygens (including phenoxy) is 1. The summed E-state index contributed by atoms with van der Waals surface area (Å²) in [5, 5.41) is 5.08. The third kappa shape index (κ3) is 6.45. The van der Waals surface area contributed by atoms with E-state index in [0.717, 1.165) is 5.56 Å². The lowest BCUT2D eigenvalue weighted by molar-refractivity contribution is -0.115. The van der Waals surface area contributed by atoms with Gasteiger partial charge in [-0.25, -0.2) is 4.79 Å². The fourth-order valence-electron chi connectivity index (χ4n) is 1.29. The van der Waals surface area contributed by atoms with Crippen molar-refractivity contribution in [2.75, 3.05) is 18.5 Å². The molecule has 0 radical (unpaired) electrons. The van der Waals surface area contributed by atoms with Gasteiger partial charge in [0, 0.05) is 5.69 Å². The van der Waals surface area contributed by atoms with Gasteiger partial charge in [0.05, 0.1) is 6.61 Å². The van der Waals surface area contributed by atoms with E-state index in [-0.39, 0.29) is 18.4 Å². The van der Waals surface area contributed by atoms with Crippen molar-refractivity contribution < 1.29 is 14.3 Å². The van der Waals surface area contributed by atoms with E-state index in [9.17, 15) is 9.59 Å². The molecule has 5 nitrogen and oxygen atoms in total. The molecule has 1 aromatic carbocycles. The van der Waals surface area contributed by atoms with Gasteiger partial charge < -0.3 is 15.4 Å². The minimum Gasteiger partial charge on any atom is -0.449 e. The van der Waals surface area contributed by atoms with Gasteiger partial charge in [-0.2, -0.15) is 0 Å². The van der Waals surface area contributed by atoms with Crippen LogP contribution in [0, 0.1) is 12.8 Å². The Hall–Kier alpha value is -2.04. The molecule has 5 heteroatoms. The Morgan fingerprint density at radius 2 is 1.84 bits per heavy atom. The smallest absolute Gasteiger partial charge is 0.407 e. The Balaban J connectivity index is 2.28. The minimum atomic E-state index is -0.576. The zero-order valence-corrected chi connectivity index (χ0v) is 11.5. The van der Waals surface area contributed by atoms with Crippen LogP contribution in [0.3, 0.4) is 0 Å². The number of alkyl carbamates (subject to hydrolysis) is 1. The van der Waals surface area contributed by atoms with Crippen molar-refractivity contribution >= 4 is 17.7 Å². The van der Waals surface area contributed by atoms with E-state index in [2.05, 4.69) is 10.6 Å². The van der Waals surface area contributed by atoms with Crippen molar-refractivity contribution in [2.24, 2.45) is 5.92 Å². The lowest BCUT2D eigenvalue weighted by Crippen LogP contribution is -2.33. The second-order valence-electron chi connectivity index (χ2n) is 4.76. The molecular formula is C14H20N2O3. The van der Waals surface area contributed by atoms with Crippen LogP contribution in [0.25, 0.3) is 0 Å². The van der Waals surface area contributed by atoms with Crippen molar-refractivity contribution in [1.82, 2.24) is 5.32 Å².